The first-order valence-corrected chi connectivity index (χ1v) is 7.75. The molecule has 2 heterocycles. The van der Waals surface area contributed by atoms with Gasteiger partial charge in [-0.1, -0.05) is 0 Å². The average molecular weight is 272 g/mol. The van der Waals surface area contributed by atoms with Crippen molar-refractivity contribution in [1.82, 2.24) is 10.0 Å². The lowest BCUT2D eigenvalue weighted by Crippen LogP contribution is -2.26. The SMILES string of the molecule is Cc1cc(S(=O)(=O)NCCC2CCNC2)c(C)o1. The molecule has 1 aromatic heterocycles. The summed E-state index contributed by atoms with van der Waals surface area (Å²) in [6.45, 7) is 5.93. The number of rotatable bonds is 5. The molecule has 0 radical (unpaired) electrons. The number of sulfonamides is 1. The molecular weight excluding hydrogens is 252 g/mol. The summed E-state index contributed by atoms with van der Waals surface area (Å²) >= 11 is 0. The molecule has 0 saturated carbocycles. The highest BCUT2D eigenvalue weighted by molar-refractivity contribution is 7.89. The molecule has 2 rings (SSSR count). The fourth-order valence-corrected chi connectivity index (χ4v) is 3.59. The molecule has 18 heavy (non-hydrogen) atoms. The molecule has 1 aliphatic heterocycles. The molecule has 0 amide bonds. The molecule has 1 aliphatic rings. The van der Waals surface area contributed by atoms with Crippen LogP contribution >= 0.6 is 0 Å². The summed E-state index contributed by atoms with van der Waals surface area (Å²) in [7, 11) is -3.43. The van der Waals surface area contributed by atoms with Crippen LogP contribution in [0.25, 0.3) is 0 Å². The Morgan fingerprint density at radius 2 is 2.28 bits per heavy atom. The number of hydrogen-bond donors (Lipinski definition) is 2. The van der Waals surface area contributed by atoms with Crippen molar-refractivity contribution in [3.05, 3.63) is 17.6 Å². The summed E-state index contributed by atoms with van der Waals surface area (Å²) in [5, 5.41) is 3.27. The van der Waals surface area contributed by atoms with Crippen LogP contribution in [-0.4, -0.2) is 28.1 Å². The average Bonchev–Trinajstić information content (AvgIpc) is 2.88. The van der Waals surface area contributed by atoms with Gasteiger partial charge in [0.15, 0.2) is 0 Å². The number of nitrogens with one attached hydrogen (secondary N) is 2. The Hall–Kier alpha value is -0.850. The van der Waals surface area contributed by atoms with E-state index >= 15 is 0 Å². The predicted octanol–water partition coefficient (Wildman–Crippen LogP) is 1.17. The zero-order chi connectivity index (χ0) is 13.2. The zero-order valence-electron chi connectivity index (χ0n) is 10.8. The normalized spacial score (nSPS) is 20.4. The summed E-state index contributed by atoms with van der Waals surface area (Å²) in [5.41, 5.74) is 0. The van der Waals surface area contributed by atoms with Gasteiger partial charge in [0.05, 0.1) is 0 Å². The van der Waals surface area contributed by atoms with Crippen molar-refractivity contribution in [3.63, 3.8) is 0 Å². The van der Waals surface area contributed by atoms with Gasteiger partial charge in [0.25, 0.3) is 0 Å². The maximum absolute atomic E-state index is 12.1. The Kier molecular flexibility index (Phi) is 4.09. The van der Waals surface area contributed by atoms with E-state index in [2.05, 4.69) is 10.0 Å². The molecule has 1 saturated heterocycles. The monoisotopic (exact) mass is 272 g/mol. The van der Waals surface area contributed by atoms with Gasteiger partial charge in [0, 0.05) is 6.54 Å². The molecule has 1 atom stereocenters. The Bertz CT molecular complexity index is 501. The van der Waals surface area contributed by atoms with Crippen LogP contribution in [0, 0.1) is 19.8 Å². The number of aryl methyl sites for hydroxylation is 2. The summed E-state index contributed by atoms with van der Waals surface area (Å²) in [5.74, 6) is 1.65. The van der Waals surface area contributed by atoms with E-state index in [4.69, 9.17) is 4.42 Å². The molecule has 6 heteroatoms. The third-order valence-corrected chi connectivity index (χ3v) is 4.86. The highest BCUT2D eigenvalue weighted by Gasteiger charge is 2.21. The molecule has 0 aliphatic carbocycles. The summed E-state index contributed by atoms with van der Waals surface area (Å²) in [4.78, 5) is 0.254. The van der Waals surface area contributed by atoms with Crippen LogP contribution < -0.4 is 10.0 Å². The van der Waals surface area contributed by atoms with Crippen LogP contribution in [0.2, 0.25) is 0 Å². The van der Waals surface area contributed by atoms with Gasteiger partial charge in [-0.3, -0.25) is 0 Å². The Balaban J connectivity index is 1.93. The molecule has 5 nitrogen and oxygen atoms in total. The fourth-order valence-electron chi connectivity index (χ4n) is 2.31. The van der Waals surface area contributed by atoms with Crippen molar-refractivity contribution < 1.29 is 12.8 Å². The first-order chi connectivity index (χ1) is 8.49. The van der Waals surface area contributed by atoms with E-state index in [9.17, 15) is 8.42 Å². The minimum Gasteiger partial charge on any atom is -0.465 e. The molecule has 1 unspecified atom stereocenters. The topological polar surface area (TPSA) is 71.3 Å². The second-order valence-electron chi connectivity index (χ2n) is 4.82. The highest BCUT2D eigenvalue weighted by atomic mass is 32.2. The van der Waals surface area contributed by atoms with Crippen molar-refractivity contribution in [1.29, 1.82) is 0 Å². The summed E-state index contributed by atoms with van der Waals surface area (Å²) < 4.78 is 32.0. The summed E-state index contributed by atoms with van der Waals surface area (Å²) in [6, 6.07) is 1.56. The molecule has 0 aromatic carbocycles. The molecule has 2 N–H and O–H groups in total. The van der Waals surface area contributed by atoms with Gasteiger partial charge < -0.3 is 9.73 Å². The van der Waals surface area contributed by atoms with Gasteiger partial charge >= 0.3 is 0 Å². The van der Waals surface area contributed by atoms with E-state index in [0.717, 1.165) is 25.9 Å². The van der Waals surface area contributed by atoms with E-state index in [-0.39, 0.29) is 4.90 Å². The minimum atomic E-state index is -3.43. The van der Waals surface area contributed by atoms with Crippen molar-refractivity contribution >= 4 is 10.0 Å². The maximum Gasteiger partial charge on any atom is 0.244 e. The molecule has 102 valence electrons. The fraction of sp³-hybridized carbons (Fsp3) is 0.667. The Labute approximate surface area is 108 Å². The number of hydrogen-bond acceptors (Lipinski definition) is 4. The van der Waals surface area contributed by atoms with Crippen LogP contribution in [-0.2, 0) is 10.0 Å². The zero-order valence-corrected chi connectivity index (χ0v) is 11.6. The van der Waals surface area contributed by atoms with Crippen LogP contribution in [0.5, 0.6) is 0 Å². The van der Waals surface area contributed by atoms with Crippen molar-refractivity contribution in [2.75, 3.05) is 19.6 Å². The second kappa shape index (κ2) is 5.42. The van der Waals surface area contributed by atoms with E-state index in [1.165, 1.54) is 0 Å². The second-order valence-corrected chi connectivity index (χ2v) is 6.56. The first-order valence-electron chi connectivity index (χ1n) is 6.26. The standard InChI is InChI=1S/C12H20N2O3S/c1-9-7-12(10(2)17-9)18(15,16)14-6-4-11-3-5-13-8-11/h7,11,13-14H,3-6,8H2,1-2H3. The van der Waals surface area contributed by atoms with Gasteiger partial charge in [-0.05, 0) is 51.8 Å². The van der Waals surface area contributed by atoms with Crippen LogP contribution in [0.1, 0.15) is 24.4 Å². The molecule has 0 spiro atoms. The van der Waals surface area contributed by atoms with E-state index < -0.39 is 10.0 Å². The summed E-state index contributed by atoms with van der Waals surface area (Å²) in [6.07, 6.45) is 2.01. The smallest absolute Gasteiger partial charge is 0.244 e. The molecule has 1 aromatic rings. The Morgan fingerprint density at radius 1 is 1.50 bits per heavy atom. The van der Waals surface area contributed by atoms with Crippen molar-refractivity contribution in [2.45, 2.75) is 31.6 Å². The largest absolute Gasteiger partial charge is 0.465 e. The van der Waals surface area contributed by atoms with Gasteiger partial charge in [-0.15, -0.1) is 0 Å². The van der Waals surface area contributed by atoms with Gasteiger partial charge in [-0.25, -0.2) is 13.1 Å². The van der Waals surface area contributed by atoms with Gasteiger partial charge in [0.1, 0.15) is 16.4 Å². The van der Waals surface area contributed by atoms with Crippen LogP contribution in [0.3, 0.4) is 0 Å². The Morgan fingerprint density at radius 3 is 2.83 bits per heavy atom. The third-order valence-electron chi connectivity index (χ3n) is 3.29. The molecule has 1 fully saturated rings. The lowest BCUT2D eigenvalue weighted by molar-refractivity contribution is 0.494. The van der Waals surface area contributed by atoms with Gasteiger partial charge in [-0.2, -0.15) is 0 Å². The van der Waals surface area contributed by atoms with E-state index in [0.29, 0.717) is 24.0 Å². The maximum atomic E-state index is 12.1. The quantitative estimate of drug-likeness (QED) is 0.844. The first kappa shape index (κ1) is 13.6. The number of furan rings is 1. The molecule has 0 bridgehead atoms. The van der Waals surface area contributed by atoms with Crippen molar-refractivity contribution in [3.8, 4) is 0 Å². The lowest BCUT2D eigenvalue weighted by Gasteiger charge is -2.09. The molecular formula is C12H20N2O3S. The van der Waals surface area contributed by atoms with Crippen LogP contribution in [0.15, 0.2) is 15.4 Å². The van der Waals surface area contributed by atoms with Crippen molar-refractivity contribution in [2.24, 2.45) is 5.92 Å². The van der Waals surface area contributed by atoms with Crippen LogP contribution in [0.4, 0.5) is 0 Å². The highest BCUT2D eigenvalue weighted by Crippen LogP contribution is 2.19. The van der Waals surface area contributed by atoms with E-state index in [1.807, 2.05) is 0 Å². The predicted molar refractivity (Wildman–Crippen MR) is 69.0 cm³/mol. The third kappa shape index (κ3) is 3.13. The lowest BCUT2D eigenvalue weighted by atomic mass is 10.1. The minimum absolute atomic E-state index is 0.254. The van der Waals surface area contributed by atoms with Gasteiger partial charge in [0.2, 0.25) is 10.0 Å². The van der Waals surface area contributed by atoms with E-state index in [1.54, 1.807) is 19.9 Å².